The highest BCUT2D eigenvalue weighted by Crippen LogP contribution is 2.41. The quantitative estimate of drug-likeness (QED) is 0.491. The van der Waals surface area contributed by atoms with Crippen LogP contribution in [0.1, 0.15) is 62.7 Å². The maximum absolute atomic E-state index is 15.3. The zero-order valence-corrected chi connectivity index (χ0v) is 22.3. The summed E-state index contributed by atoms with van der Waals surface area (Å²) < 4.78 is 15.3. The number of amides is 4. The zero-order chi connectivity index (χ0) is 28.2. The summed E-state index contributed by atoms with van der Waals surface area (Å²) >= 11 is 0. The van der Waals surface area contributed by atoms with E-state index in [1.165, 1.54) is 16.0 Å². The van der Waals surface area contributed by atoms with Crippen LogP contribution < -0.4 is 5.32 Å². The monoisotopic (exact) mass is 552 g/mol. The van der Waals surface area contributed by atoms with Crippen LogP contribution in [-0.4, -0.2) is 69.5 Å². The molecule has 4 amide bonds. The predicted molar refractivity (Wildman–Crippen MR) is 147 cm³/mol. The van der Waals surface area contributed by atoms with E-state index in [2.05, 4.69) is 34.5 Å². The highest BCUT2D eigenvalue weighted by atomic mass is 19.1. The van der Waals surface area contributed by atoms with Gasteiger partial charge in [0.05, 0.1) is 11.6 Å². The van der Waals surface area contributed by atoms with E-state index in [4.69, 9.17) is 0 Å². The molecule has 2 bridgehead atoms. The number of hydrogen-bond acceptors (Lipinski definition) is 5. The maximum Gasteiger partial charge on any atom is 0.258 e. The number of piperazine rings is 1. The fraction of sp³-hybridized carbons (Fsp3) is 0.312. The Labute approximate surface area is 236 Å². The molecule has 8 nitrogen and oxygen atoms in total. The summed E-state index contributed by atoms with van der Waals surface area (Å²) in [6, 6.07) is 22.9. The van der Waals surface area contributed by atoms with E-state index in [1.807, 2.05) is 41.3 Å². The molecule has 4 aliphatic rings. The Kier molecular flexibility index (Phi) is 6.19. The molecule has 0 saturated carbocycles. The summed E-state index contributed by atoms with van der Waals surface area (Å²) in [6.07, 6.45) is 1.15. The molecule has 3 atom stereocenters. The molecule has 9 heteroatoms. The van der Waals surface area contributed by atoms with Gasteiger partial charge in [0.15, 0.2) is 0 Å². The molecule has 1 N–H and O–H groups in total. The van der Waals surface area contributed by atoms with Crippen molar-refractivity contribution in [2.75, 3.05) is 13.1 Å². The van der Waals surface area contributed by atoms with Crippen molar-refractivity contribution < 1.29 is 23.6 Å². The van der Waals surface area contributed by atoms with Crippen molar-refractivity contribution in [3.05, 3.63) is 106 Å². The van der Waals surface area contributed by atoms with Crippen LogP contribution in [0.2, 0.25) is 0 Å². The second-order valence-electron chi connectivity index (χ2n) is 11.3. The number of halogens is 1. The number of benzene rings is 3. The van der Waals surface area contributed by atoms with Crippen LogP contribution in [-0.2, 0) is 16.1 Å². The molecule has 0 aromatic heterocycles. The van der Waals surface area contributed by atoms with Crippen LogP contribution in [0.15, 0.2) is 72.8 Å². The average molecular weight is 553 g/mol. The predicted octanol–water partition coefficient (Wildman–Crippen LogP) is 3.28. The molecule has 0 spiro atoms. The van der Waals surface area contributed by atoms with Crippen LogP contribution in [0.4, 0.5) is 4.39 Å². The Morgan fingerprint density at radius 1 is 0.902 bits per heavy atom. The fourth-order valence-electron chi connectivity index (χ4n) is 7.06. The molecule has 41 heavy (non-hydrogen) atoms. The molecule has 3 fully saturated rings. The number of imide groups is 1. The van der Waals surface area contributed by atoms with Crippen LogP contribution >= 0.6 is 0 Å². The zero-order valence-electron chi connectivity index (χ0n) is 22.3. The molecule has 208 valence electrons. The van der Waals surface area contributed by atoms with Crippen molar-refractivity contribution in [2.45, 2.75) is 50.0 Å². The first-order valence-corrected chi connectivity index (χ1v) is 14.0. The highest BCUT2D eigenvalue weighted by molar-refractivity contribution is 6.06. The second kappa shape index (κ2) is 9.92. The lowest BCUT2D eigenvalue weighted by Crippen LogP contribution is -2.52. The molecular formula is C32H29FN4O4. The molecular weight excluding hydrogens is 523 g/mol. The Hall–Kier alpha value is -4.37. The minimum absolute atomic E-state index is 0.000317. The molecule has 4 aliphatic heterocycles. The van der Waals surface area contributed by atoms with Crippen molar-refractivity contribution in [3.63, 3.8) is 0 Å². The minimum Gasteiger partial charge on any atom is -0.333 e. The standard InChI is InChI=1S/C32H29FN4O4/c33-25-14-21(13-22-16-37(32(41)28(22)25)26-11-12-27(38)34-30(26)39)31(40)36-18-23-15-24(36)17-35(23)29(19-7-3-1-4-8-19)20-9-5-2-6-10-20/h1-10,13-14,23-24,26,29H,11-12,15-18H2,(H,34,38,39)/t23-,24-,26?/m0/s1. The van der Waals surface area contributed by atoms with E-state index < -0.39 is 23.7 Å². The van der Waals surface area contributed by atoms with E-state index in [1.54, 1.807) is 6.07 Å². The van der Waals surface area contributed by atoms with Gasteiger partial charge >= 0.3 is 0 Å². The number of nitrogens with one attached hydrogen (secondary N) is 1. The molecule has 4 heterocycles. The molecule has 3 saturated heterocycles. The van der Waals surface area contributed by atoms with Crippen LogP contribution in [0, 0.1) is 5.82 Å². The van der Waals surface area contributed by atoms with Crippen LogP contribution in [0.5, 0.6) is 0 Å². The van der Waals surface area contributed by atoms with Crippen molar-refractivity contribution in [3.8, 4) is 0 Å². The van der Waals surface area contributed by atoms with Gasteiger partial charge in [-0.25, -0.2) is 4.39 Å². The largest absolute Gasteiger partial charge is 0.333 e. The molecule has 0 radical (unpaired) electrons. The van der Waals surface area contributed by atoms with E-state index in [-0.39, 0.29) is 60.5 Å². The van der Waals surface area contributed by atoms with Crippen molar-refractivity contribution in [1.29, 1.82) is 0 Å². The van der Waals surface area contributed by atoms with Gasteiger partial charge in [-0.15, -0.1) is 0 Å². The number of likely N-dealkylation sites (tertiary alicyclic amines) is 2. The van der Waals surface area contributed by atoms with Crippen molar-refractivity contribution in [1.82, 2.24) is 20.0 Å². The number of nitrogens with zero attached hydrogens (tertiary/aromatic N) is 3. The first-order chi connectivity index (χ1) is 19.9. The lowest BCUT2D eigenvalue weighted by Gasteiger charge is -2.39. The van der Waals surface area contributed by atoms with Gasteiger partial charge in [0.1, 0.15) is 11.9 Å². The summed E-state index contributed by atoms with van der Waals surface area (Å²) in [4.78, 5) is 56.3. The summed E-state index contributed by atoms with van der Waals surface area (Å²) in [7, 11) is 0. The smallest absolute Gasteiger partial charge is 0.258 e. The minimum atomic E-state index is -0.839. The topological polar surface area (TPSA) is 90.0 Å². The lowest BCUT2D eigenvalue weighted by molar-refractivity contribution is -0.136. The van der Waals surface area contributed by atoms with E-state index in [9.17, 15) is 19.2 Å². The third kappa shape index (κ3) is 4.32. The van der Waals surface area contributed by atoms with Gasteiger partial charge in [-0.1, -0.05) is 60.7 Å². The third-order valence-corrected chi connectivity index (χ3v) is 8.93. The summed E-state index contributed by atoms with van der Waals surface area (Å²) in [5, 5.41) is 2.25. The van der Waals surface area contributed by atoms with Gasteiger partial charge in [0, 0.05) is 43.7 Å². The first kappa shape index (κ1) is 25.6. The Morgan fingerprint density at radius 3 is 2.20 bits per heavy atom. The Bertz CT molecular complexity index is 1520. The Morgan fingerprint density at radius 2 is 1.59 bits per heavy atom. The highest BCUT2D eigenvalue weighted by Gasteiger charge is 2.48. The Balaban J connectivity index is 1.10. The van der Waals surface area contributed by atoms with Gasteiger partial charge in [-0.3, -0.25) is 29.4 Å². The van der Waals surface area contributed by atoms with Crippen molar-refractivity contribution in [2.24, 2.45) is 0 Å². The molecule has 3 aromatic rings. The van der Waals surface area contributed by atoms with Crippen LogP contribution in [0.25, 0.3) is 0 Å². The number of piperidine rings is 1. The van der Waals surface area contributed by atoms with E-state index in [0.717, 1.165) is 12.5 Å². The summed E-state index contributed by atoms with van der Waals surface area (Å²) in [5.74, 6) is -2.53. The summed E-state index contributed by atoms with van der Waals surface area (Å²) in [6.45, 7) is 1.27. The van der Waals surface area contributed by atoms with E-state index in [0.29, 0.717) is 18.7 Å². The van der Waals surface area contributed by atoms with Gasteiger partial charge in [0.2, 0.25) is 11.8 Å². The molecule has 1 unspecified atom stereocenters. The lowest BCUT2D eigenvalue weighted by atomic mass is 9.96. The first-order valence-electron chi connectivity index (χ1n) is 14.0. The average Bonchev–Trinajstić information content (AvgIpc) is 3.67. The normalized spacial score (nSPS) is 23.9. The molecule has 7 rings (SSSR count). The van der Waals surface area contributed by atoms with Gasteiger partial charge in [-0.2, -0.15) is 0 Å². The summed E-state index contributed by atoms with van der Waals surface area (Å²) in [5.41, 5.74) is 2.90. The van der Waals surface area contributed by atoms with Gasteiger partial charge in [0.25, 0.3) is 11.8 Å². The number of hydrogen-bond donors (Lipinski definition) is 1. The number of fused-ring (bicyclic) bond motifs is 3. The maximum atomic E-state index is 15.3. The SMILES string of the molecule is O=C1CCC(N2Cc3cc(C(=O)N4C[C@@H]5C[C@H]4CN5C(c4ccccc4)c4ccccc4)cc(F)c3C2=O)C(=O)N1. The third-order valence-electron chi connectivity index (χ3n) is 8.93. The molecule has 0 aliphatic carbocycles. The van der Waals surface area contributed by atoms with E-state index >= 15 is 4.39 Å². The van der Waals surface area contributed by atoms with Crippen molar-refractivity contribution >= 4 is 23.6 Å². The fourth-order valence-corrected chi connectivity index (χ4v) is 7.06. The molecule has 3 aromatic carbocycles. The van der Waals surface area contributed by atoms with Gasteiger partial charge < -0.3 is 9.80 Å². The number of carbonyl (C=O) groups is 4. The second-order valence-corrected chi connectivity index (χ2v) is 11.3. The van der Waals surface area contributed by atoms with Gasteiger partial charge in [-0.05, 0) is 41.7 Å². The number of carbonyl (C=O) groups excluding carboxylic acids is 4. The van der Waals surface area contributed by atoms with Crippen LogP contribution in [0.3, 0.4) is 0 Å². The number of rotatable bonds is 5.